The summed E-state index contributed by atoms with van der Waals surface area (Å²) in [6.45, 7) is 0. The van der Waals surface area contributed by atoms with Crippen molar-refractivity contribution in [3.05, 3.63) is 75.3 Å². The molecule has 0 fully saturated rings. The van der Waals surface area contributed by atoms with Crippen molar-refractivity contribution in [1.82, 2.24) is 14.8 Å². The topological polar surface area (TPSA) is 57.0 Å². The van der Waals surface area contributed by atoms with E-state index in [-0.39, 0.29) is 17.3 Å². The molecule has 0 bridgehead atoms. The summed E-state index contributed by atoms with van der Waals surface area (Å²) in [4.78, 5) is 15.8. The number of ether oxygens (including phenoxy) is 1. The standard InChI is InChI=1S/C16H7ClF5N3O2/c17-14-12(27-9-2-3-10(18)11(19)5-9)7-24-25(15(14)26)13-4-1-8(6-23-13)16(20,21)22/h1-7H. The SMILES string of the molecule is O=c1c(Cl)c(Oc2ccc(F)c(F)c2)cnn1-c1ccc(C(F)(F)F)cn1. The Morgan fingerprint density at radius 1 is 1.04 bits per heavy atom. The van der Waals surface area contributed by atoms with Crippen molar-refractivity contribution in [2.45, 2.75) is 6.18 Å². The van der Waals surface area contributed by atoms with Gasteiger partial charge in [-0.3, -0.25) is 4.79 Å². The lowest BCUT2D eigenvalue weighted by Gasteiger charge is -2.10. The zero-order valence-electron chi connectivity index (χ0n) is 13.0. The first-order chi connectivity index (χ1) is 12.7. The zero-order valence-corrected chi connectivity index (χ0v) is 13.7. The van der Waals surface area contributed by atoms with Crippen molar-refractivity contribution in [1.29, 1.82) is 0 Å². The van der Waals surface area contributed by atoms with Gasteiger partial charge in [0.15, 0.2) is 28.2 Å². The van der Waals surface area contributed by atoms with Gasteiger partial charge in [-0.15, -0.1) is 0 Å². The van der Waals surface area contributed by atoms with Crippen LogP contribution >= 0.6 is 11.6 Å². The fraction of sp³-hybridized carbons (Fsp3) is 0.0625. The van der Waals surface area contributed by atoms with E-state index in [1.807, 2.05) is 0 Å². The Bertz CT molecular complexity index is 1050. The van der Waals surface area contributed by atoms with Crippen LogP contribution in [-0.2, 0) is 6.18 Å². The molecule has 0 saturated carbocycles. The largest absolute Gasteiger partial charge is 0.454 e. The van der Waals surface area contributed by atoms with Crippen molar-refractivity contribution >= 4 is 11.6 Å². The first-order valence-corrected chi connectivity index (χ1v) is 7.49. The first kappa shape index (κ1) is 18.8. The third-order valence-electron chi connectivity index (χ3n) is 3.30. The van der Waals surface area contributed by atoms with E-state index in [1.165, 1.54) is 0 Å². The second kappa shape index (κ2) is 6.95. The average Bonchev–Trinajstić information content (AvgIpc) is 2.62. The highest BCUT2D eigenvalue weighted by Crippen LogP contribution is 2.29. The molecule has 1 aromatic carbocycles. The van der Waals surface area contributed by atoms with Gasteiger partial charge in [-0.1, -0.05) is 11.6 Å². The zero-order chi connectivity index (χ0) is 19.8. The van der Waals surface area contributed by atoms with E-state index in [9.17, 15) is 26.7 Å². The number of rotatable bonds is 3. The van der Waals surface area contributed by atoms with Crippen molar-refractivity contribution in [3.8, 4) is 17.3 Å². The molecule has 0 spiro atoms. The normalized spacial score (nSPS) is 11.5. The summed E-state index contributed by atoms with van der Waals surface area (Å²) in [5.41, 5.74) is -1.92. The van der Waals surface area contributed by atoms with Crippen molar-refractivity contribution in [2.75, 3.05) is 0 Å². The number of hydrogen-bond donors (Lipinski definition) is 0. The Morgan fingerprint density at radius 2 is 1.78 bits per heavy atom. The predicted octanol–water partition coefficient (Wildman–Crippen LogP) is 4.37. The summed E-state index contributed by atoms with van der Waals surface area (Å²) < 4.78 is 69.7. The molecule has 11 heteroatoms. The van der Waals surface area contributed by atoms with Crippen LogP contribution in [0.3, 0.4) is 0 Å². The molecular weight excluding hydrogens is 397 g/mol. The van der Waals surface area contributed by atoms with Gasteiger partial charge in [0.1, 0.15) is 5.75 Å². The lowest BCUT2D eigenvalue weighted by molar-refractivity contribution is -0.137. The van der Waals surface area contributed by atoms with Gasteiger partial charge < -0.3 is 4.74 Å². The Hall–Kier alpha value is -3.01. The fourth-order valence-corrected chi connectivity index (χ4v) is 2.17. The molecule has 0 atom stereocenters. The third kappa shape index (κ3) is 3.90. The Morgan fingerprint density at radius 3 is 2.37 bits per heavy atom. The van der Waals surface area contributed by atoms with Gasteiger partial charge in [0.2, 0.25) is 0 Å². The van der Waals surface area contributed by atoms with Crippen LogP contribution in [0, 0.1) is 11.6 Å². The monoisotopic (exact) mass is 403 g/mol. The van der Waals surface area contributed by atoms with Crippen molar-refractivity contribution in [3.63, 3.8) is 0 Å². The number of benzene rings is 1. The molecule has 0 unspecified atom stereocenters. The lowest BCUT2D eigenvalue weighted by atomic mass is 10.3. The number of alkyl halides is 3. The molecule has 2 heterocycles. The maximum absolute atomic E-state index is 13.2. The molecule has 2 aromatic heterocycles. The highest BCUT2D eigenvalue weighted by atomic mass is 35.5. The molecule has 140 valence electrons. The van der Waals surface area contributed by atoms with E-state index in [1.54, 1.807) is 0 Å². The van der Waals surface area contributed by atoms with Crippen LogP contribution in [0.15, 0.2) is 47.5 Å². The summed E-state index contributed by atoms with van der Waals surface area (Å²) >= 11 is 5.90. The van der Waals surface area contributed by atoms with E-state index < -0.39 is 34.0 Å². The van der Waals surface area contributed by atoms with Gasteiger partial charge in [-0.25, -0.2) is 13.8 Å². The van der Waals surface area contributed by atoms with Crippen LogP contribution in [0.5, 0.6) is 11.5 Å². The molecule has 0 N–H and O–H groups in total. The quantitative estimate of drug-likeness (QED) is 0.609. The molecule has 0 radical (unpaired) electrons. The summed E-state index contributed by atoms with van der Waals surface area (Å²) in [5, 5.41) is 3.24. The number of halogens is 6. The average molecular weight is 404 g/mol. The van der Waals surface area contributed by atoms with Crippen molar-refractivity contribution in [2.24, 2.45) is 0 Å². The molecule has 0 aliphatic rings. The Balaban J connectivity index is 1.93. The minimum atomic E-state index is -4.58. The van der Waals surface area contributed by atoms with Gasteiger partial charge in [0.25, 0.3) is 5.56 Å². The fourth-order valence-electron chi connectivity index (χ4n) is 2.00. The number of hydrogen-bond acceptors (Lipinski definition) is 4. The molecular formula is C16H7ClF5N3O2. The summed E-state index contributed by atoms with van der Waals surface area (Å²) in [6, 6.07) is 4.35. The van der Waals surface area contributed by atoms with Crippen LogP contribution in [-0.4, -0.2) is 14.8 Å². The highest BCUT2D eigenvalue weighted by Gasteiger charge is 2.30. The van der Waals surface area contributed by atoms with E-state index >= 15 is 0 Å². The minimum Gasteiger partial charge on any atom is -0.454 e. The summed E-state index contributed by atoms with van der Waals surface area (Å²) in [6.07, 6.45) is -3.04. The number of aromatic nitrogens is 3. The van der Waals surface area contributed by atoms with Gasteiger partial charge in [-0.2, -0.15) is 23.0 Å². The minimum absolute atomic E-state index is 0.137. The predicted molar refractivity (Wildman–Crippen MR) is 84.1 cm³/mol. The smallest absolute Gasteiger partial charge is 0.417 e. The third-order valence-corrected chi connectivity index (χ3v) is 3.65. The van der Waals surface area contributed by atoms with Crippen LogP contribution in [0.1, 0.15) is 5.56 Å². The van der Waals surface area contributed by atoms with E-state index in [4.69, 9.17) is 16.3 Å². The Labute approximate surface area is 152 Å². The molecule has 0 amide bonds. The molecule has 27 heavy (non-hydrogen) atoms. The van der Waals surface area contributed by atoms with Gasteiger partial charge in [0.05, 0.1) is 11.8 Å². The van der Waals surface area contributed by atoms with E-state index in [0.717, 1.165) is 36.5 Å². The lowest BCUT2D eigenvalue weighted by Crippen LogP contribution is -2.23. The van der Waals surface area contributed by atoms with Gasteiger partial charge >= 0.3 is 6.18 Å². The second-order valence-electron chi connectivity index (χ2n) is 5.12. The molecule has 3 aromatic rings. The molecule has 3 rings (SSSR count). The number of pyridine rings is 1. The first-order valence-electron chi connectivity index (χ1n) is 7.11. The van der Waals surface area contributed by atoms with E-state index in [0.29, 0.717) is 10.9 Å². The molecule has 5 nitrogen and oxygen atoms in total. The highest BCUT2D eigenvalue weighted by molar-refractivity contribution is 6.31. The van der Waals surface area contributed by atoms with Crippen LogP contribution < -0.4 is 10.3 Å². The summed E-state index contributed by atoms with van der Waals surface area (Å²) in [7, 11) is 0. The number of nitrogens with zero attached hydrogens (tertiary/aromatic N) is 3. The molecule has 0 aliphatic heterocycles. The van der Waals surface area contributed by atoms with Crippen molar-refractivity contribution < 1.29 is 26.7 Å². The maximum atomic E-state index is 13.2. The van der Waals surface area contributed by atoms with Crippen LogP contribution in [0.25, 0.3) is 5.82 Å². The summed E-state index contributed by atoms with van der Waals surface area (Å²) in [5.74, 6) is -2.85. The molecule has 0 aliphatic carbocycles. The van der Waals surface area contributed by atoms with Crippen LogP contribution in [0.2, 0.25) is 5.02 Å². The van der Waals surface area contributed by atoms with E-state index in [2.05, 4.69) is 10.1 Å². The van der Waals surface area contributed by atoms with Gasteiger partial charge in [0, 0.05) is 12.3 Å². The molecule has 0 saturated heterocycles. The Kier molecular flexibility index (Phi) is 4.83. The second-order valence-corrected chi connectivity index (χ2v) is 5.50. The van der Waals surface area contributed by atoms with Gasteiger partial charge in [-0.05, 0) is 24.3 Å². The maximum Gasteiger partial charge on any atom is 0.417 e. The van der Waals surface area contributed by atoms with Crippen LogP contribution in [0.4, 0.5) is 22.0 Å².